The fraction of sp³-hybridized carbons (Fsp3) is 0.714. The minimum absolute atomic E-state index is 0.0197. The van der Waals surface area contributed by atoms with Crippen LogP contribution in [0.3, 0.4) is 0 Å². The fourth-order valence-corrected chi connectivity index (χ4v) is 4.23. The number of rotatable bonds is 24. The molecular formula is C28H53N11O10. The fourth-order valence-electron chi connectivity index (χ4n) is 4.23. The number of carbonyl (C=O) groups is 7. The number of nitrogens with one attached hydrogen (secondary N) is 5. The van der Waals surface area contributed by atoms with Crippen LogP contribution >= 0.6 is 0 Å². The number of hydrogen-bond acceptors (Lipinski definition) is 12. The number of hydrogen-bond donors (Lipinski definition) is 13. The maximum atomic E-state index is 13.4. The molecule has 21 heteroatoms. The monoisotopic (exact) mass is 703 g/mol. The molecule has 0 spiro atoms. The summed E-state index contributed by atoms with van der Waals surface area (Å²) in [5.74, 6) is -7.09. The highest BCUT2D eigenvalue weighted by Crippen LogP contribution is 2.08. The number of aliphatic hydroxyl groups excluding tert-OH is 2. The summed E-state index contributed by atoms with van der Waals surface area (Å²) in [5, 5.41) is 41.2. The Morgan fingerprint density at radius 2 is 1.08 bits per heavy atom. The van der Waals surface area contributed by atoms with Crippen LogP contribution in [-0.4, -0.2) is 124 Å². The van der Waals surface area contributed by atoms with Gasteiger partial charge >= 0.3 is 5.97 Å². The third-order valence-corrected chi connectivity index (χ3v) is 6.99. The first-order chi connectivity index (χ1) is 22.8. The number of primary amides is 1. The number of nitrogens with two attached hydrogens (primary N) is 5. The summed E-state index contributed by atoms with van der Waals surface area (Å²) in [5.41, 5.74) is 27.0. The van der Waals surface area contributed by atoms with Crippen LogP contribution in [-0.2, 0) is 33.6 Å². The van der Waals surface area contributed by atoms with Crippen molar-refractivity contribution in [2.75, 3.05) is 13.1 Å². The van der Waals surface area contributed by atoms with Crippen molar-refractivity contribution >= 4 is 47.4 Å². The van der Waals surface area contributed by atoms with Crippen LogP contribution in [0.1, 0.15) is 65.7 Å². The first-order valence-corrected chi connectivity index (χ1v) is 15.7. The average Bonchev–Trinajstić information content (AvgIpc) is 3.00. The predicted molar refractivity (Wildman–Crippen MR) is 176 cm³/mol. The molecule has 0 aromatic heterocycles. The molecular weight excluding hydrogens is 650 g/mol. The van der Waals surface area contributed by atoms with Crippen molar-refractivity contribution in [3.63, 3.8) is 0 Å². The van der Waals surface area contributed by atoms with Crippen LogP contribution in [0.25, 0.3) is 0 Å². The second-order valence-corrected chi connectivity index (χ2v) is 11.5. The van der Waals surface area contributed by atoms with Crippen LogP contribution in [0.4, 0.5) is 0 Å². The summed E-state index contributed by atoms with van der Waals surface area (Å²) >= 11 is 0. The van der Waals surface area contributed by atoms with E-state index in [2.05, 4.69) is 31.6 Å². The van der Waals surface area contributed by atoms with E-state index in [-0.39, 0.29) is 44.7 Å². The van der Waals surface area contributed by atoms with E-state index >= 15 is 0 Å². The van der Waals surface area contributed by atoms with Gasteiger partial charge in [0.15, 0.2) is 12.0 Å². The van der Waals surface area contributed by atoms with Crippen LogP contribution in [0.5, 0.6) is 0 Å². The molecule has 49 heavy (non-hydrogen) atoms. The van der Waals surface area contributed by atoms with Crippen molar-refractivity contribution in [2.24, 2.45) is 33.7 Å². The van der Waals surface area contributed by atoms with Crippen LogP contribution in [0, 0.1) is 0 Å². The molecule has 0 aliphatic heterocycles. The molecule has 21 nitrogen and oxygen atoms in total. The van der Waals surface area contributed by atoms with E-state index in [4.69, 9.17) is 28.7 Å². The highest BCUT2D eigenvalue weighted by atomic mass is 16.4. The molecule has 0 saturated heterocycles. The highest BCUT2D eigenvalue weighted by Gasteiger charge is 2.34. The Morgan fingerprint density at radius 1 is 0.633 bits per heavy atom. The van der Waals surface area contributed by atoms with Crippen LogP contribution in [0.2, 0.25) is 0 Å². The van der Waals surface area contributed by atoms with Gasteiger partial charge in [-0.2, -0.15) is 0 Å². The van der Waals surface area contributed by atoms with Gasteiger partial charge in [-0.3, -0.25) is 33.8 Å². The van der Waals surface area contributed by atoms with Crippen molar-refractivity contribution in [1.29, 1.82) is 0 Å². The van der Waals surface area contributed by atoms with E-state index in [1.807, 2.05) is 0 Å². The highest BCUT2D eigenvalue weighted by molar-refractivity contribution is 5.96. The molecule has 18 N–H and O–H groups in total. The Hall–Kier alpha value is -4.60. The van der Waals surface area contributed by atoms with Crippen LogP contribution in [0.15, 0.2) is 4.99 Å². The number of amides is 6. The second kappa shape index (κ2) is 22.9. The van der Waals surface area contributed by atoms with Gasteiger partial charge in [0.2, 0.25) is 35.4 Å². The Kier molecular flexibility index (Phi) is 20.7. The van der Waals surface area contributed by atoms with Gasteiger partial charge in [0.1, 0.15) is 24.2 Å². The van der Waals surface area contributed by atoms with Crippen molar-refractivity contribution in [1.82, 2.24) is 26.6 Å². The second-order valence-electron chi connectivity index (χ2n) is 11.5. The number of carboxylic acid groups (broad SMARTS) is 1. The average molecular weight is 704 g/mol. The van der Waals surface area contributed by atoms with Gasteiger partial charge in [0.25, 0.3) is 0 Å². The summed E-state index contributed by atoms with van der Waals surface area (Å²) < 4.78 is 0. The molecule has 6 amide bonds. The number of carboxylic acids is 1. The van der Waals surface area contributed by atoms with Crippen LogP contribution < -0.4 is 55.3 Å². The van der Waals surface area contributed by atoms with Crippen molar-refractivity contribution in [3.8, 4) is 0 Å². The number of aliphatic hydroxyl groups is 2. The molecule has 0 saturated carbocycles. The topological polar surface area (TPSA) is 383 Å². The minimum atomic E-state index is -1.75. The molecule has 0 unspecified atom stereocenters. The van der Waals surface area contributed by atoms with Gasteiger partial charge in [0, 0.05) is 13.0 Å². The third-order valence-electron chi connectivity index (χ3n) is 6.99. The van der Waals surface area contributed by atoms with E-state index < -0.39 is 96.3 Å². The van der Waals surface area contributed by atoms with E-state index in [1.165, 1.54) is 13.8 Å². The maximum Gasteiger partial charge on any atom is 0.328 e. The zero-order chi connectivity index (χ0) is 37.8. The molecule has 0 aromatic carbocycles. The molecule has 0 bridgehead atoms. The summed E-state index contributed by atoms with van der Waals surface area (Å²) in [6.45, 7) is 4.08. The van der Waals surface area contributed by atoms with E-state index in [0.29, 0.717) is 12.8 Å². The van der Waals surface area contributed by atoms with Crippen molar-refractivity contribution < 1.29 is 48.9 Å². The lowest BCUT2D eigenvalue weighted by atomic mass is 10.0. The first-order valence-electron chi connectivity index (χ1n) is 15.7. The van der Waals surface area contributed by atoms with Gasteiger partial charge < -0.3 is 70.6 Å². The van der Waals surface area contributed by atoms with E-state index in [1.54, 1.807) is 0 Å². The number of aliphatic imine (C=N–C) groups is 1. The molecule has 0 radical (unpaired) electrons. The molecule has 0 heterocycles. The summed E-state index contributed by atoms with van der Waals surface area (Å²) in [6, 6.07) is -8.47. The van der Waals surface area contributed by atoms with Gasteiger partial charge in [0.05, 0.1) is 18.2 Å². The van der Waals surface area contributed by atoms with Gasteiger partial charge in [-0.15, -0.1) is 0 Å². The Balaban J connectivity index is 6.13. The predicted octanol–water partition coefficient (Wildman–Crippen LogP) is -5.95. The van der Waals surface area contributed by atoms with Gasteiger partial charge in [-0.1, -0.05) is 0 Å². The van der Waals surface area contributed by atoms with Gasteiger partial charge in [-0.25, -0.2) is 4.79 Å². The number of carbonyl (C=O) groups excluding carboxylic acids is 6. The maximum absolute atomic E-state index is 13.4. The quantitative estimate of drug-likeness (QED) is 0.0253. The molecule has 0 aromatic rings. The largest absolute Gasteiger partial charge is 0.480 e. The normalized spacial score (nSPS) is 15.8. The molecule has 0 aliphatic carbocycles. The molecule has 280 valence electrons. The summed E-state index contributed by atoms with van der Waals surface area (Å²) in [7, 11) is 0. The van der Waals surface area contributed by atoms with Crippen molar-refractivity contribution in [2.45, 2.75) is 114 Å². The lowest BCUT2D eigenvalue weighted by Crippen LogP contribution is -2.61. The molecule has 0 rings (SSSR count). The summed E-state index contributed by atoms with van der Waals surface area (Å²) in [6.07, 6.45) is -2.81. The number of unbranched alkanes of at least 4 members (excludes halogenated alkanes) is 1. The van der Waals surface area contributed by atoms with E-state index in [9.17, 15) is 48.9 Å². The first kappa shape index (κ1) is 44.4. The van der Waals surface area contributed by atoms with E-state index in [0.717, 1.165) is 6.92 Å². The number of nitrogens with zero attached hydrogens (tertiary/aromatic N) is 1. The zero-order valence-corrected chi connectivity index (χ0v) is 28.0. The molecule has 0 aliphatic rings. The zero-order valence-electron chi connectivity index (χ0n) is 28.0. The van der Waals surface area contributed by atoms with Gasteiger partial charge in [-0.05, 0) is 65.8 Å². The standard InChI is InChI=1S/C28H53N11O10/c1-13(30)22(43)35-17(8-6-12-34-28(32)33)24(45)38-20(14(2)40)26(47)37-16(7-4-5-11-29)23(44)36-18(9-10-19(31)42)25(46)39-21(15(3)41)27(48)49/h13-18,20-21,40-41H,4-12,29-30H2,1-3H3,(H2,31,42)(H,35,43)(H,36,44)(H,37,47)(H,38,45)(H,39,46)(H,48,49)(H4,32,33,34)/t13-,14+,15+,16-,17-,18-,20-,21-/m0/s1. The SMILES string of the molecule is C[C@H](N)C(=O)N[C@@H](CCCN=C(N)N)C(=O)N[C@H](C(=O)N[C@@H](CCCCN)C(=O)N[C@@H](CCC(N)=O)C(=O)N[C@H](C(=O)O)[C@@H](C)O)[C@@H](C)O. The third kappa shape index (κ3) is 17.9. The Bertz CT molecular complexity index is 1160. The minimum Gasteiger partial charge on any atom is -0.480 e. The summed E-state index contributed by atoms with van der Waals surface area (Å²) in [4.78, 5) is 92.1. The lowest BCUT2D eigenvalue weighted by molar-refractivity contribution is -0.145. The molecule has 8 atom stereocenters. The lowest BCUT2D eigenvalue weighted by Gasteiger charge is -2.28. The smallest absolute Gasteiger partial charge is 0.328 e. The Labute approximate surface area is 283 Å². The van der Waals surface area contributed by atoms with Crippen molar-refractivity contribution in [3.05, 3.63) is 0 Å². The number of guanidine groups is 1. The Morgan fingerprint density at radius 3 is 1.53 bits per heavy atom. The number of aliphatic carboxylic acids is 1. The molecule has 0 fully saturated rings.